The molecular weight excluding hydrogens is 344 g/mol. The molecule has 0 aliphatic carbocycles. The van der Waals surface area contributed by atoms with Gasteiger partial charge >= 0.3 is 5.97 Å². The van der Waals surface area contributed by atoms with Crippen molar-refractivity contribution in [2.24, 2.45) is 0 Å². The fourth-order valence-electron chi connectivity index (χ4n) is 3.11. The van der Waals surface area contributed by atoms with Crippen LogP contribution < -0.4 is 10.2 Å². The third-order valence-electron chi connectivity index (χ3n) is 4.60. The molecule has 1 aromatic heterocycles. The largest absolute Gasteiger partial charge is 0.465 e. The molecule has 0 bridgehead atoms. The molecule has 2 heterocycles. The minimum atomic E-state index is -0.374. The number of carbonyl (C=O) groups excluding carboxylic acids is 2. The summed E-state index contributed by atoms with van der Waals surface area (Å²) in [4.78, 5) is 32.7. The third-order valence-corrected chi connectivity index (χ3v) is 4.60. The number of para-hydroxylation sites is 1. The van der Waals surface area contributed by atoms with Crippen LogP contribution in [0.5, 0.6) is 0 Å². The zero-order valence-electron chi connectivity index (χ0n) is 15.6. The van der Waals surface area contributed by atoms with Gasteiger partial charge in [0.2, 0.25) is 5.91 Å². The van der Waals surface area contributed by atoms with Crippen LogP contribution in [0.3, 0.4) is 0 Å². The van der Waals surface area contributed by atoms with Crippen molar-refractivity contribution in [3.63, 3.8) is 0 Å². The summed E-state index contributed by atoms with van der Waals surface area (Å²) in [5.41, 5.74) is 1.95. The van der Waals surface area contributed by atoms with Crippen LogP contribution in [-0.4, -0.2) is 61.6 Å². The van der Waals surface area contributed by atoms with Crippen molar-refractivity contribution in [1.82, 2.24) is 9.88 Å². The van der Waals surface area contributed by atoms with Crippen molar-refractivity contribution >= 4 is 23.4 Å². The summed E-state index contributed by atoms with van der Waals surface area (Å²) in [5, 5.41) is 2.91. The second kappa shape index (κ2) is 8.64. The van der Waals surface area contributed by atoms with Crippen molar-refractivity contribution < 1.29 is 14.3 Å². The first-order chi connectivity index (χ1) is 13.1. The molecule has 7 heteroatoms. The number of nitrogens with zero attached hydrogens (tertiary/aromatic N) is 3. The number of anilines is 2. The Labute approximate surface area is 158 Å². The Morgan fingerprint density at radius 2 is 1.78 bits per heavy atom. The van der Waals surface area contributed by atoms with Crippen LogP contribution >= 0.6 is 0 Å². The number of pyridine rings is 1. The normalized spacial score (nSPS) is 14.7. The Bertz CT molecular complexity index is 802. The first-order valence-corrected chi connectivity index (χ1v) is 8.95. The number of amides is 1. The summed E-state index contributed by atoms with van der Waals surface area (Å²) in [5.74, 6) is 0.459. The minimum absolute atomic E-state index is 0.00829. The van der Waals surface area contributed by atoms with Gasteiger partial charge < -0.3 is 15.0 Å². The number of esters is 1. The van der Waals surface area contributed by atoms with Gasteiger partial charge in [-0.2, -0.15) is 0 Å². The average Bonchev–Trinajstić information content (AvgIpc) is 2.68. The number of aromatic nitrogens is 1. The molecule has 1 fully saturated rings. The smallest absolute Gasteiger partial charge is 0.339 e. The van der Waals surface area contributed by atoms with Crippen molar-refractivity contribution in [1.29, 1.82) is 0 Å². The number of methoxy groups -OCH3 is 1. The van der Waals surface area contributed by atoms with Gasteiger partial charge in [-0.15, -0.1) is 0 Å². The molecule has 0 unspecified atom stereocenters. The van der Waals surface area contributed by atoms with E-state index in [4.69, 9.17) is 4.74 Å². The molecule has 1 aromatic carbocycles. The van der Waals surface area contributed by atoms with E-state index in [2.05, 4.69) is 20.1 Å². The van der Waals surface area contributed by atoms with Crippen LogP contribution in [0.2, 0.25) is 0 Å². The highest BCUT2D eigenvalue weighted by Gasteiger charge is 2.21. The van der Waals surface area contributed by atoms with E-state index < -0.39 is 0 Å². The van der Waals surface area contributed by atoms with Crippen LogP contribution in [0.25, 0.3) is 0 Å². The zero-order chi connectivity index (χ0) is 19.2. The van der Waals surface area contributed by atoms with E-state index in [1.165, 1.54) is 7.11 Å². The van der Waals surface area contributed by atoms with Gasteiger partial charge in [-0.25, -0.2) is 9.78 Å². The van der Waals surface area contributed by atoms with Crippen LogP contribution in [0.15, 0.2) is 42.5 Å². The Hall–Kier alpha value is -2.93. The van der Waals surface area contributed by atoms with Crippen molar-refractivity contribution in [2.45, 2.75) is 6.92 Å². The van der Waals surface area contributed by atoms with Gasteiger partial charge in [0.1, 0.15) is 5.82 Å². The van der Waals surface area contributed by atoms with E-state index in [-0.39, 0.29) is 11.9 Å². The van der Waals surface area contributed by atoms with E-state index in [1.807, 2.05) is 36.4 Å². The van der Waals surface area contributed by atoms with Gasteiger partial charge in [0, 0.05) is 31.9 Å². The van der Waals surface area contributed by atoms with E-state index in [0.29, 0.717) is 17.8 Å². The Morgan fingerprint density at radius 3 is 2.41 bits per heavy atom. The summed E-state index contributed by atoms with van der Waals surface area (Å²) >= 11 is 0. The number of rotatable bonds is 5. The van der Waals surface area contributed by atoms with Crippen molar-refractivity contribution in [3.8, 4) is 0 Å². The summed E-state index contributed by atoms with van der Waals surface area (Å²) in [6.07, 6.45) is 0. The summed E-state index contributed by atoms with van der Waals surface area (Å²) in [6.45, 7) is 5.30. The van der Waals surface area contributed by atoms with Gasteiger partial charge in [0.15, 0.2) is 0 Å². The molecule has 3 rings (SSSR count). The minimum Gasteiger partial charge on any atom is -0.465 e. The van der Waals surface area contributed by atoms with Gasteiger partial charge in [-0.3, -0.25) is 9.69 Å². The van der Waals surface area contributed by atoms with Crippen LogP contribution in [0.1, 0.15) is 16.1 Å². The predicted octanol–water partition coefficient (Wildman–Crippen LogP) is 1.94. The first-order valence-electron chi connectivity index (χ1n) is 8.95. The number of hydrogen-bond donors (Lipinski definition) is 1. The lowest BCUT2D eigenvalue weighted by molar-refractivity contribution is -0.117. The molecule has 1 aliphatic heterocycles. The van der Waals surface area contributed by atoms with E-state index >= 15 is 0 Å². The molecule has 0 saturated carbocycles. The molecule has 27 heavy (non-hydrogen) atoms. The van der Waals surface area contributed by atoms with Crippen molar-refractivity contribution in [3.05, 3.63) is 53.7 Å². The Balaban J connectivity index is 1.52. The number of aryl methyl sites for hydroxylation is 1. The molecule has 1 N–H and O–H groups in total. The lowest BCUT2D eigenvalue weighted by atomic mass is 10.2. The van der Waals surface area contributed by atoms with Gasteiger partial charge in [0.25, 0.3) is 0 Å². The summed E-state index contributed by atoms with van der Waals surface area (Å²) in [7, 11) is 1.36. The fraction of sp³-hybridized carbons (Fsp3) is 0.350. The maximum absolute atomic E-state index is 12.2. The molecule has 0 spiro atoms. The van der Waals surface area contributed by atoms with Gasteiger partial charge in [-0.1, -0.05) is 18.2 Å². The van der Waals surface area contributed by atoms with Crippen molar-refractivity contribution in [2.75, 3.05) is 50.1 Å². The van der Waals surface area contributed by atoms with Crippen LogP contribution in [0, 0.1) is 6.92 Å². The molecule has 2 aromatic rings. The molecule has 1 saturated heterocycles. The quantitative estimate of drug-likeness (QED) is 0.813. The first kappa shape index (κ1) is 18.8. The molecule has 0 atom stereocenters. The summed E-state index contributed by atoms with van der Waals surface area (Å²) in [6, 6.07) is 13.1. The maximum atomic E-state index is 12.2. The van der Waals surface area contributed by atoms with E-state index in [1.54, 1.807) is 13.0 Å². The number of carbonyl (C=O) groups is 2. The van der Waals surface area contributed by atoms with Crippen LogP contribution in [0.4, 0.5) is 11.5 Å². The second-order valence-corrected chi connectivity index (χ2v) is 6.47. The number of hydrogen-bond acceptors (Lipinski definition) is 6. The van der Waals surface area contributed by atoms with Crippen LogP contribution in [-0.2, 0) is 9.53 Å². The highest BCUT2D eigenvalue weighted by Crippen LogP contribution is 2.17. The molecule has 1 amide bonds. The third kappa shape index (κ3) is 4.83. The van der Waals surface area contributed by atoms with E-state index in [0.717, 1.165) is 37.7 Å². The molecule has 0 radical (unpaired) electrons. The maximum Gasteiger partial charge on any atom is 0.339 e. The second-order valence-electron chi connectivity index (χ2n) is 6.47. The number of nitrogens with one attached hydrogen (secondary N) is 1. The van der Waals surface area contributed by atoms with Gasteiger partial charge in [0.05, 0.1) is 24.9 Å². The van der Waals surface area contributed by atoms with Gasteiger partial charge in [-0.05, 0) is 31.2 Å². The molecule has 7 nitrogen and oxygen atoms in total. The summed E-state index contributed by atoms with van der Waals surface area (Å²) < 4.78 is 4.76. The highest BCUT2D eigenvalue weighted by atomic mass is 16.5. The number of piperazine rings is 1. The Morgan fingerprint density at radius 1 is 1.07 bits per heavy atom. The topological polar surface area (TPSA) is 74.8 Å². The predicted molar refractivity (Wildman–Crippen MR) is 104 cm³/mol. The molecule has 142 valence electrons. The zero-order valence-corrected chi connectivity index (χ0v) is 15.6. The fourth-order valence-corrected chi connectivity index (χ4v) is 3.11. The standard InChI is InChI=1S/C20H24N4O3/c1-15-17(20(26)27-2)8-9-18(21-15)24-12-10-23(11-13-24)14-19(25)22-16-6-4-3-5-7-16/h3-9H,10-14H2,1-2H3,(H,22,25). The SMILES string of the molecule is COC(=O)c1ccc(N2CCN(CC(=O)Nc3ccccc3)CC2)nc1C. The Kier molecular flexibility index (Phi) is 6.03. The highest BCUT2D eigenvalue weighted by molar-refractivity contribution is 5.92. The lowest BCUT2D eigenvalue weighted by Gasteiger charge is -2.35. The monoisotopic (exact) mass is 368 g/mol. The number of benzene rings is 1. The van der Waals surface area contributed by atoms with E-state index in [9.17, 15) is 9.59 Å². The lowest BCUT2D eigenvalue weighted by Crippen LogP contribution is -2.49. The number of ether oxygens (including phenoxy) is 1. The molecular formula is C20H24N4O3. The molecule has 1 aliphatic rings. The average molecular weight is 368 g/mol.